The Morgan fingerprint density at radius 1 is 0.857 bits per heavy atom. The van der Waals surface area contributed by atoms with Crippen LogP contribution in [-0.4, -0.2) is 29.5 Å². The van der Waals surface area contributed by atoms with Crippen LogP contribution in [0.3, 0.4) is 0 Å². The zero-order valence-electron chi connectivity index (χ0n) is 14.1. The van der Waals surface area contributed by atoms with E-state index in [-0.39, 0.29) is 30.5 Å². The summed E-state index contributed by atoms with van der Waals surface area (Å²) >= 11 is 11.3. The van der Waals surface area contributed by atoms with Crippen LogP contribution in [-0.2, 0) is 4.57 Å². The minimum absolute atomic E-state index is 0.0716. The zero-order valence-corrected chi connectivity index (χ0v) is 16.5. The highest BCUT2D eigenvalue weighted by atomic mass is 35.5. The quantitative estimate of drug-likeness (QED) is 0.169. The minimum atomic E-state index is -4.44. The average molecular weight is 463 g/mol. The molecule has 0 amide bonds. The van der Waals surface area contributed by atoms with Gasteiger partial charge in [0.2, 0.25) is 34.8 Å². The average Bonchev–Trinajstić information content (AvgIpc) is 2.69. The second kappa shape index (κ2) is 9.78. The van der Waals surface area contributed by atoms with Crippen molar-refractivity contribution in [2.75, 3.05) is 29.9 Å². The van der Waals surface area contributed by atoms with Crippen molar-refractivity contribution >= 4 is 36.6 Å². The molecule has 0 radical (unpaired) electrons. The minimum Gasteiger partial charge on any atom is -0.411 e. The number of hydrogen-bond donors (Lipinski definition) is 1. The fourth-order valence-corrected chi connectivity index (χ4v) is 4.74. The topological polar surface area (TPSA) is 41.6 Å². The fourth-order valence-electron chi connectivity index (χ4n) is 2.19. The van der Waals surface area contributed by atoms with E-state index >= 15 is 0 Å². The summed E-state index contributed by atoms with van der Waals surface area (Å²) < 4.78 is 87.7. The van der Waals surface area contributed by atoms with Gasteiger partial charge >= 0.3 is 7.67 Å². The largest absolute Gasteiger partial charge is 0.420 e. The molecule has 12 heteroatoms. The van der Waals surface area contributed by atoms with Crippen LogP contribution in [0.25, 0.3) is 0 Å². The highest BCUT2D eigenvalue weighted by Crippen LogP contribution is 2.52. The SMILES string of the molecule is O=P(Nc1ccccc1)(Oc1c(F)c(F)c(F)c(F)c1F)N(CCCl)CCCl. The van der Waals surface area contributed by atoms with Gasteiger partial charge in [-0.05, 0) is 12.1 Å². The van der Waals surface area contributed by atoms with Gasteiger partial charge in [0.25, 0.3) is 0 Å². The Labute approximate surface area is 167 Å². The van der Waals surface area contributed by atoms with Crippen LogP contribution in [0.1, 0.15) is 0 Å². The lowest BCUT2D eigenvalue weighted by molar-refractivity contribution is 0.326. The van der Waals surface area contributed by atoms with E-state index in [1.165, 1.54) is 12.1 Å². The van der Waals surface area contributed by atoms with Crippen molar-refractivity contribution in [3.05, 3.63) is 59.4 Å². The molecule has 1 unspecified atom stereocenters. The molecule has 2 aromatic rings. The molecule has 0 spiro atoms. The monoisotopic (exact) mass is 462 g/mol. The molecular formula is C16H14Cl2F5N2O2P. The van der Waals surface area contributed by atoms with Crippen LogP contribution in [0.2, 0.25) is 0 Å². The number of halogens is 7. The van der Waals surface area contributed by atoms with Gasteiger partial charge in [-0.2, -0.15) is 8.78 Å². The fraction of sp³-hybridized carbons (Fsp3) is 0.250. The Kier molecular flexibility index (Phi) is 7.95. The van der Waals surface area contributed by atoms with Crippen LogP contribution in [0.15, 0.2) is 30.3 Å². The molecular weight excluding hydrogens is 449 g/mol. The lowest BCUT2D eigenvalue weighted by Gasteiger charge is -2.31. The summed E-state index contributed by atoms with van der Waals surface area (Å²) in [6, 6.07) is 7.72. The summed E-state index contributed by atoms with van der Waals surface area (Å²) in [6.45, 7) is -0.221. The number of benzene rings is 2. The van der Waals surface area contributed by atoms with Crippen LogP contribution < -0.4 is 9.61 Å². The van der Waals surface area contributed by atoms with Crippen LogP contribution in [0, 0.1) is 29.1 Å². The van der Waals surface area contributed by atoms with E-state index in [1.807, 2.05) is 0 Å². The van der Waals surface area contributed by atoms with Crippen LogP contribution >= 0.6 is 30.9 Å². The van der Waals surface area contributed by atoms with Gasteiger partial charge in [-0.1, -0.05) is 18.2 Å². The third kappa shape index (κ3) is 4.89. The summed E-state index contributed by atoms with van der Waals surface area (Å²) in [5, 5.41) is 2.45. The van der Waals surface area contributed by atoms with Crippen molar-refractivity contribution < 1.29 is 31.0 Å². The first-order chi connectivity index (χ1) is 13.2. The summed E-state index contributed by atoms with van der Waals surface area (Å²) in [4.78, 5) is 0. The van der Waals surface area contributed by atoms with Gasteiger partial charge in [0.1, 0.15) is 0 Å². The maximum Gasteiger partial charge on any atom is 0.420 e. The normalized spacial score (nSPS) is 13.4. The van der Waals surface area contributed by atoms with Gasteiger partial charge in [-0.15, -0.1) is 23.2 Å². The van der Waals surface area contributed by atoms with Crippen LogP contribution in [0.4, 0.5) is 27.6 Å². The van der Waals surface area contributed by atoms with Crippen molar-refractivity contribution in [2.24, 2.45) is 0 Å². The molecule has 154 valence electrons. The van der Waals surface area contributed by atoms with Crippen molar-refractivity contribution in [3.63, 3.8) is 0 Å². The molecule has 0 saturated carbocycles. The summed E-state index contributed by atoms with van der Waals surface area (Å²) in [5.74, 6) is -13.1. The molecule has 2 aromatic carbocycles. The maximum atomic E-state index is 14.0. The molecule has 0 aliphatic carbocycles. The lowest BCUT2D eigenvalue weighted by Crippen LogP contribution is -2.31. The van der Waals surface area contributed by atoms with Crippen molar-refractivity contribution in [1.29, 1.82) is 0 Å². The standard InChI is InChI=1S/C16H14Cl2F5N2O2P/c17-6-8-25(9-7-18)28(26,24-10-4-2-1-3-5-10)27-16-14(22)12(20)11(19)13(21)15(16)23/h1-5H,6-9H2,(H,24,26). The van der Waals surface area contributed by atoms with Gasteiger partial charge in [0.05, 0.1) is 0 Å². The smallest absolute Gasteiger partial charge is 0.411 e. The van der Waals surface area contributed by atoms with Crippen molar-refractivity contribution in [2.45, 2.75) is 0 Å². The van der Waals surface area contributed by atoms with Gasteiger partial charge in [-0.3, -0.25) is 5.09 Å². The van der Waals surface area contributed by atoms with Crippen molar-refractivity contribution in [1.82, 2.24) is 4.67 Å². The second-order valence-electron chi connectivity index (χ2n) is 5.32. The van der Waals surface area contributed by atoms with E-state index in [1.54, 1.807) is 18.2 Å². The Morgan fingerprint density at radius 3 is 1.79 bits per heavy atom. The Morgan fingerprint density at radius 2 is 1.32 bits per heavy atom. The number of nitrogens with zero attached hydrogens (tertiary/aromatic N) is 1. The third-order valence-electron chi connectivity index (χ3n) is 3.49. The maximum absolute atomic E-state index is 14.0. The zero-order chi connectivity index (χ0) is 20.9. The van der Waals surface area contributed by atoms with E-state index in [0.717, 1.165) is 4.67 Å². The molecule has 0 aromatic heterocycles. The molecule has 0 aliphatic heterocycles. The number of nitrogens with one attached hydrogen (secondary N) is 1. The number of hydrogen-bond acceptors (Lipinski definition) is 2. The number of alkyl halides is 2. The highest BCUT2D eigenvalue weighted by molar-refractivity contribution is 7.58. The molecule has 0 fully saturated rings. The summed E-state index contributed by atoms with van der Waals surface area (Å²) in [7, 11) is -4.44. The second-order valence-corrected chi connectivity index (χ2v) is 8.09. The predicted molar refractivity (Wildman–Crippen MR) is 97.5 cm³/mol. The van der Waals surface area contributed by atoms with Gasteiger partial charge in [-0.25, -0.2) is 22.4 Å². The molecule has 2 rings (SSSR count). The molecule has 1 atom stereocenters. The molecule has 0 heterocycles. The molecule has 0 saturated heterocycles. The Bertz CT molecular complexity index is 841. The van der Waals surface area contributed by atoms with Gasteiger partial charge < -0.3 is 4.52 Å². The van der Waals surface area contributed by atoms with Gasteiger partial charge in [0, 0.05) is 30.5 Å². The highest BCUT2D eigenvalue weighted by Gasteiger charge is 2.38. The van der Waals surface area contributed by atoms with E-state index in [9.17, 15) is 26.5 Å². The molecule has 0 aliphatic rings. The molecule has 28 heavy (non-hydrogen) atoms. The van der Waals surface area contributed by atoms with E-state index in [2.05, 4.69) is 5.09 Å². The van der Waals surface area contributed by atoms with E-state index in [4.69, 9.17) is 27.7 Å². The van der Waals surface area contributed by atoms with Gasteiger partial charge in [0.15, 0.2) is 0 Å². The number of rotatable bonds is 9. The number of anilines is 1. The Balaban J connectivity index is 2.55. The summed E-state index contributed by atoms with van der Waals surface area (Å²) in [6.07, 6.45) is 0. The van der Waals surface area contributed by atoms with E-state index < -0.39 is 42.5 Å². The van der Waals surface area contributed by atoms with Crippen molar-refractivity contribution in [3.8, 4) is 5.75 Å². The predicted octanol–water partition coefficient (Wildman–Crippen LogP) is 5.76. The number of para-hydroxylation sites is 1. The first-order valence-corrected chi connectivity index (χ1v) is 10.4. The first-order valence-electron chi connectivity index (χ1n) is 7.77. The lowest BCUT2D eigenvalue weighted by atomic mass is 10.3. The molecule has 1 N–H and O–H groups in total. The Hall–Kier alpha value is -1.54. The molecule has 4 nitrogen and oxygen atoms in total. The summed E-state index contributed by atoms with van der Waals surface area (Å²) in [5.41, 5.74) is 0.212. The first kappa shape index (κ1) is 22.7. The van der Waals surface area contributed by atoms with E-state index in [0.29, 0.717) is 0 Å². The third-order valence-corrected chi connectivity index (χ3v) is 5.94. The van der Waals surface area contributed by atoms with Crippen LogP contribution in [0.5, 0.6) is 5.75 Å². The molecule has 0 bridgehead atoms.